The maximum absolute atomic E-state index is 13.7. The summed E-state index contributed by atoms with van der Waals surface area (Å²) in [7, 11) is 0. The molecule has 2 aliphatic heterocycles. The summed E-state index contributed by atoms with van der Waals surface area (Å²) in [5, 5.41) is 0. The van der Waals surface area contributed by atoms with E-state index in [2.05, 4.69) is 6.92 Å². The molecule has 1 aromatic carbocycles. The largest absolute Gasteiger partial charge is 0.353 e. The summed E-state index contributed by atoms with van der Waals surface area (Å²) in [5.74, 6) is 0.429. The molecule has 3 fully saturated rings. The van der Waals surface area contributed by atoms with Crippen LogP contribution in [0, 0.1) is 12.8 Å². The SMILES string of the molecule is CC(=O)N1CCN(C(=O)[C@H]2COC3(CCC(C)CC3)N2C(=O)c2cccc(C)c2)CC1. The molecule has 1 aliphatic carbocycles. The van der Waals surface area contributed by atoms with Gasteiger partial charge in [-0.2, -0.15) is 0 Å². The van der Waals surface area contributed by atoms with Crippen LogP contribution in [-0.2, 0) is 14.3 Å². The van der Waals surface area contributed by atoms with Crippen LogP contribution in [0.25, 0.3) is 0 Å². The van der Waals surface area contributed by atoms with Crippen LogP contribution in [0.4, 0.5) is 0 Å². The summed E-state index contributed by atoms with van der Waals surface area (Å²) in [5.41, 5.74) is 0.915. The molecule has 31 heavy (non-hydrogen) atoms. The Morgan fingerprint density at radius 3 is 2.29 bits per heavy atom. The van der Waals surface area contributed by atoms with E-state index in [-0.39, 0.29) is 24.3 Å². The highest BCUT2D eigenvalue weighted by Crippen LogP contribution is 2.43. The molecule has 1 atom stereocenters. The van der Waals surface area contributed by atoms with Gasteiger partial charge in [-0.15, -0.1) is 0 Å². The molecule has 1 spiro atoms. The van der Waals surface area contributed by atoms with Crippen molar-refractivity contribution >= 4 is 17.7 Å². The van der Waals surface area contributed by atoms with Gasteiger partial charge in [-0.3, -0.25) is 19.3 Å². The van der Waals surface area contributed by atoms with E-state index in [1.54, 1.807) is 21.6 Å². The molecule has 7 heteroatoms. The quantitative estimate of drug-likeness (QED) is 0.727. The van der Waals surface area contributed by atoms with Crippen LogP contribution >= 0.6 is 0 Å². The van der Waals surface area contributed by atoms with Crippen LogP contribution in [0.5, 0.6) is 0 Å². The van der Waals surface area contributed by atoms with Gasteiger partial charge in [-0.05, 0) is 50.7 Å². The summed E-state index contributed by atoms with van der Waals surface area (Å²) in [4.78, 5) is 44.2. The Balaban J connectivity index is 1.59. The lowest BCUT2D eigenvalue weighted by atomic mass is 9.83. The van der Waals surface area contributed by atoms with Gasteiger partial charge in [0.25, 0.3) is 5.91 Å². The van der Waals surface area contributed by atoms with Crippen molar-refractivity contribution in [2.75, 3.05) is 32.8 Å². The average molecular weight is 428 g/mol. The summed E-state index contributed by atoms with van der Waals surface area (Å²) in [6.45, 7) is 8.03. The number of carbonyl (C=O) groups excluding carboxylic acids is 3. The van der Waals surface area contributed by atoms with Gasteiger partial charge in [0.15, 0.2) is 0 Å². The first kappa shape index (κ1) is 21.8. The fourth-order valence-corrected chi connectivity index (χ4v) is 5.14. The van der Waals surface area contributed by atoms with Crippen LogP contribution in [0.15, 0.2) is 24.3 Å². The van der Waals surface area contributed by atoms with Crippen LogP contribution < -0.4 is 0 Å². The van der Waals surface area contributed by atoms with Gasteiger partial charge < -0.3 is 14.5 Å². The second kappa shape index (κ2) is 8.61. The van der Waals surface area contributed by atoms with Gasteiger partial charge in [-0.25, -0.2) is 0 Å². The van der Waals surface area contributed by atoms with Crippen molar-refractivity contribution in [1.82, 2.24) is 14.7 Å². The second-order valence-electron chi connectivity index (χ2n) is 9.33. The zero-order chi connectivity index (χ0) is 22.2. The summed E-state index contributed by atoms with van der Waals surface area (Å²) >= 11 is 0. The summed E-state index contributed by atoms with van der Waals surface area (Å²) in [6.07, 6.45) is 3.48. The van der Waals surface area contributed by atoms with E-state index >= 15 is 0 Å². The van der Waals surface area contributed by atoms with E-state index in [4.69, 9.17) is 4.74 Å². The number of nitrogens with zero attached hydrogens (tertiary/aromatic N) is 3. The first-order chi connectivity index (χ1) is 14.8. The molecule has 0 bridgehead atoms. The van der Waals surface area contributed by atoms with E-state index in [0.29, 0.717) is 37.7 Å². The Morgan fingerprint density at radius 2 is 1.68 bits per heavy atom. The van der Waals surface area contributed by atoms with Crippen LogP contribution in [0.2, 0.25) is 0 Å². The molecule has 3 aliphatic rings. The lowest BCUT2D eigenvalue weighted by Crippen LogP contribution is -2.59. The molecule has 168 valence electrons. The number of hydrogen-bond donors (Lipinski definition) is 0. The lowest BCUT2D eigenvalue weighted by molar-refractivity contribution is -0.142. The number of rotatable bonds is 2. The van der Waals surface area contributed by atoms with Gasteiger partial charge in [0.1, 0.15) is 11.8 Å². The van der Waals surface area contributed by atoms with Crippen molar-refractivity contribution in [2.24, 2.45) is 5.92 Å². The number of hydrogen-bond acceptors (Lipinski definition) is 4. The monoisotopic (exact) mass is 427 g/mol. The predicted molar refractivity (Wildman–Crippen MR) is 116 cm³/mol. The first-order valence-electron chi connectivity index (χ1n) is 11.4. The highest BCUT2D eigenvalue weighted by molar-refractivity contribution is 5.98. The molecule has 1 saturated carbocycles. The number of aryl methyl sites for hydroxylation is 1. The van der Waals surface area contributed by atoms with Gasteiger partial charge in [-0.1, -0.05) is 24.6 Å². The molecule has 2 saturated heterocycles. The van der Waals surface area contributed by atoms with Crippen LogP contribution in [0.1, 0.15) is 55.5 Å². The Morgan fingerprint density at radius 1 is 1.03 bits per heavy atom. The second-order valence-corrected chi connectivity index (χ2v) is 9.33. The Bertz CT molecular complexity index is 854. The summed E-state index contributed by atoms with van der Waals surface area (Å²) in [6, 6.07) is 6.93. The standard InChI is InChI=1S/C24H33N3O4/c1-17-7-9-24(10-8-17)27(22(29)20-6-4-5-18(2)15-20)21(16-31-24)23(30)26-13-11-25(12-14-26)19(3)28/h4-6,15,17,21H,7-14,16H2,1-3H3/t17?,21-,24?/m1/s1. The molecule has 3 amide bonds. The maximum Gasteiger partial charge on any atom is 0.256 e. The maximum atomic E-state index is 13.7. The van der Waals surface area contributed by atoms with Crippen LogP contribution in [-0.4, -0.2) is 77.0 Å². The minimum Gasteiger partial charge on any atom is -0.353 e. The van der Waals surface area contributed by atoms with Crippen molar-refractivity contribution < 1.29 is 19.1 Å². The number of ether oxygens (including phenoxy) is 1. The van der Waals surface area contributed by atoms with Crippen molar-refractivity contribution in [2.45, 2.75) is 58.2 Å². The topological polar surface area (TPSA) is 70.2 Å². The number of amides is 3. The third-order valence-electron chi connectivity index (χ3n) is 7.12. The lowest BCUT2D eigenvalue weighted by Gasteiger charge is -2.44. The van der Waals surface area contributed by atoms with E-state index in [1.807, 2.05) is 31.2 Å². The molecule has 7 nitrogen and oxygen atoms in total. The molecule has 0 radical (unpaired) electrons. The van der Waals surface area contributed by atoms with Crippen LogP contribution in [0.3, 0.4) is 0 Å². The average Bonchev–Trinajstić information content (AvgIpc) is 3.13. The van der Waals surface area contributed by atoms with Gasteiger partial charge in [0, 0.05) is 38.7 Å². The molecule has 4 rings (SSSR count). The molecular weight excluding hydrogens is 394 g/mol. The molecule has 0 aromatic heterocycles. The molecule has 0 unspecified atom stereocenters. The molecule has 2 heterocycles. The summed E-state index contributed by atoms with van der Waals surface area (Å²) < 4.78 is 6.29. The van der Waals surface area contributed by atoms with E-state index in [1.165, 1.54) is 0 Å². The normalized spacial score (nSPS) is 28.8. The van der Waals surface area contributed by atoms with Crippen molar-refractivity contribution in [3.05, 3.63) is 35.4 Å². The number of benzene rings is 1. The van der Waals surface area contributed by atoms with Gasteiger partial charge >= 0.3 is 0 Å². The van der Waals surface area contributed by atoms with Crippen molar-refractivity contribution in [3.63, 3.8) is 0 Å². The fraction of sp³-hybridized carbons (Fsp3) is 0.625. The minimum absolute atomic E-state index is 0.0304. The Hall–Kier alpha value is -2.41. The van der Waals surface area contributed by atoms with Crippen molar-refractivity contribution in [1.29, 1.82) is 0 Å². The van der Waals surface area contributed by atoms with Crippen molar-refractivity contribution in [3.8, 4) is 0 Å². The zero-order valence-electron chi connectivity index (χ0n) is 18.8. The fourth-order valence-electron chi connectivity index (χ4n) is 5.14. The van der Waals surface area contributed by atoms with E-state index in [0.717, 1.165) is 31.2 Å². The van der Waals surface area contributed by atoms with E-state index < -0.39 is 11.8 Å². The predicted octanol–water partition coefficient (Wildman–Crippen LogP) is 2.43. The third-order valence-corrected chi connectivity index (χ3v) is 7.12. The Labute approximate surface area is 184 Å². The smallest absolute Gasteiger partial charge is 0.256 e. The first-order valence-corrected chi connectivity index (χ1v) is 11.4. The third kappa shape index (κ3) is 4.20. The molecular formula is C24H33N3O4. The zero-order valence-corrected chi connectivity index (χ0v) is 18.8. The van der Waals surface area contributed by atoms with E-state index in [9.17, 15) is 14.4 Å². The van der Waals surface area contributed by atoms with Gasteiger partial charge in [0.2, 0.25) is 11.8 Å². The molecule has 1 aromatic rings. The molecule has 0 N–H and O–H groups in total. The van der Waals surface area contributed by atoms with Gasteiger partial charge in [0.05, 0.1) is 6.61 Å². The number of piperazine rings is 1. The highest BCUT2D eigenvalue weighted by Gasteiger charge is 2.54. The Kier molecular flexibility index (Phi) is 6.06. The highest BCUT2D eigenvalue weighted by atomic mass is 16.5. The number of carbonyl (C=O) groups is 3. The minimum atomic E-state index is -0.700.